The van der Waals surface area contributed by atoms with E-state index in [0.717, 1.165) is 57.9 Å². The van der Waals surface area contributed by atoms with E-state index in [1.54, 1.807) is 0 Å². The van der Waals surface area contributed by atoms with E-state index in [-0.39, 0.29) is 11.9 Å². The predicted molar refractivity (Wildman–Crippen MR) is 99.2 cm³/mol. The Morgan fingerprint density at radius 3 is 2.64 bits per heavy atom. The summed E-state index contributed by atoms with van der Waals surface area (Å²) in [5.41, 5.74) is 0. The van der Waals surface area contributed by atoms with Crippen LogP contribution in [0.4, 0.5) is 0 Å². The van der Waals surface area contributed by atoms with Gasteiger partial charge in [-0.15, -0.1) is 0 Å². The van der Waals surface area contributed by atoms with Gasteiger partial charge in [-0.25, -0.2) is 4.98 Å². The van der Waals surface area contributed by atoms with Crippen LogP contribution >= 0.6 is 0 Å². The average Bonchev–Trinajstić information content (AvgIpc) is 3.09. The molecule has 6 nitrogen and oxygen atoms in total. The van der Waals surface area contributed by atoms with Gasteiger partial charge in [-0.05, 0) is 26.7 Å². The van der Waals surface area contributed by atoms with Crippen molar-refractivity contribution in [3.8, 4) is 0 Å². The molecule has 1 aromatic rings. The first kappa shape index (κ1) is 18.4. The van der Waals surface area contributed by atoms with Gasteiger partial charge in [-0.3, -0.25) is 14.6 Å². The highest BCUT2D eigenvalue weighted by Crippen LogP contribution is 2.18. The smallest absolute Gasteiger partial charge is 0.237 e. The van der Waals surface area contributed by atoms with Crippen LogP contribution in [0.15, 0.2) is 12.4 Å². The van der Waals surface area contributed by atoms with Crippen molar-refractivity contribution in [2.24, 2.45) is 0 Å². The quantitative estimate of drug-likeness (QED) is 0.853. The number of rotatable bonds is 6. The highest BCUT2D eigenvalue weighted by Gasteiger charge is 2.27. The molecule has 0 unspecified atom stereocenters. The van der Waals surface area contributed by atoms with Crippen molar-refractivity contribution in [1.82, 2.24) is 24.7 Å². The third kappa shape index (κ3) is 4.82. The first-order valence-corrected chi connectivity index (χ1v) is 9.94. The molecular weight excluding hydrogens is 314 g/mol. The second kappa shape index (κ2) is 8.81. The van der Waals surface area contributed by atoms with E-state index in [1.165, 1.54) is 19.3 Å². The molecule has 1 aliphatic carbocycles. The Balaban J connectivity index is 1.44. The highest BCUT2D eigenvalue weighted by atomic mass is 16.2. The van der Waals surface area contributed by atoms with E-state index in [1.807, 2.05) is 12.4 Å². The molecule has 1 saturated heterocycles. The maximum Gasteiger partial charge on any atom is 0.237 e. The summed E-state index contributed by atoms with van der Waals surface area (Å²) in [6.07, 6.45) is 10.1. The van der Waals surface area contributed by atoms with Gasteiger partial charge in [-0.2, -0.15) is 0 Å². The Hall–Kier alpha value is -1.40. The first-order valence-electron chi connectivity index (χ1n) is 9.94. The summed E-state index contributed by atoms with van der Waals surface area (Å²) in [5.74, 6) is 1.35. The molecule has 2 heterocycles. The van der Waals surface area contributed by atoms with Crippen molar-refractivity contribution >= 4 is 5.91 Å². The molecule has 1 amide bonds. The summed E-state index contributed by atoms with van der Waals surface area (Å²) in [4.78, 5) is 21.8. The third-order valence-electron chi connectivity index (χ3n) is 5.79. The van der Waals surface area contributed by atoms with Crippen LogP contribution in [-0.2, 0) is 17.9 Å². The highest BCUT2D eigenvalue weighted by molar-refractivity contribution is 5.81. The Morgan fingerprint density at radius 2 is 1.96 bits per heavy atom. The zero-order valence-corrected chi connectivity index (χ0v) is 15.8. The van der Waals surface area contributed by atoms with E-state index < -0.39 is 0 Å². The number of hydrogen-bond donors (Lipinski definition) is 1. The van der Waals surface area contributed by atoms with Crippen LogP contribution in [0.2, 0.25) is 0 Å². The second-order valence-electron chi connectivity index (χ2n) is 7.46. The Morgan fingerprint density at radius 1 is 1.24 bits per heavy atom. The van der Waals surface area contributed by atoms with Gasteiger partial charge < -0.3 is 9.88 Å². The molecule has 25 heavy (non-hydrogen) atoms. The van der Waals surface area contributed by atoms with Gasteiger partial charge in [0.2, 0.25) is 5.91 Å². The number of piperazine rings is 1. The summed E-state index contributed by atoms with van der Waals surface area (Å²) < 4.78 is 2.20. The Labute approximate surface area is 151 Å². The lowest BCUT2D eigenvalue weighted by atomic mass is 9.95. The number of amides is 1. The zero-order valence-electron chi connectivity index (χ0n) is 15.8. The number of nitrogens with zero attached hydrogens (tertiary/aromatic N) is 4. The van der Waals surface area contributed by atoms with E-state index in [0.29, 0.717) is 6.04 Å². The molecule has 0 radical (unpaired) electrons. The number of hydrogen-bond acceptors (Lipinski definition) is 4. The van der Waals surface area contributed by atoms with E-state index >= 15 is 0 Å². The van der Waals surface area contributed by atoms with E-state index in [9.17, 15) is 4.79 Å². The SMILES string of the molecule is CCn1ccnc1CN1CCN([C@H](C)C(=O)NC2CCCCC2)CC1. The van der Waals surface area contributed by atoms with Crippen molar-refractivity contribution in [3.63, 3.8) is 0 Å². The lowest BCUT2D eigenvalue weighted by Crippen LogP contribution is -2.55. The van der Waals surface area contributed by atoms with Crippen molar-refractivity contribution in [3.05, 3.63) is 18.2 Å². The number of nitrogens with one attached hydrogen (secondary N) is 1. The summed E-state index contributed by atoms with van der Waals surface area (Å²) in [5, 5.41) is 3.27. The number of carbonyl (C=O) groups excluding carboxylic acids is 1. The van der Waals surface area contributed by atoms with Crippen LogP contribution in [0, 0.1) is 0 Å². The minimum Gasteiger partial charge on any atom is -0.352 e. The number of aromatic nitrogens is 2. The van der Waals surface area contributed by atoms with Crippen LogP contribution < -0.4 is 5.32 Å². The molecule has 1 saturated carbocycles. The van der Waals surface area contributed by atoms with Gasteiger partial charge in [0, 0.05) is 51.2 Å². The van der Waals surface area contributed by atoms with Gasteiger partial charge in [0.1, 0.15) is 5.82 Å². The lowest BCUT2D eigenvalue weighted by molar-refractivity contribution is -0.127. The molecule has 1 N–H and O–H groups in total. The molecule has 0 spiro atoms. The molecule has 1 aliphatic heterocycles. The summed E-state index contributed by atoms with van der Waals surface area (Å²) in [6, 6.07) is 0.375. The maximum atomic E-state index is 12.6. The first-order chi connectivity index (χ1) is 12.2. The van der Waals surface area contributed by atoms with Crippen molar-refractivity contribution in [2.75, 3.05) is 26.2 Å². The average molecular weight is 348 g/mol. The van der Waals surface area contributed by atoms with Gasteiger partial charge in [0.15, 0.2) is 0 Å². The fourth-order valence-corrected chi connectivity index (χ4v) is 4.02. The topological polar surface area (TPSA) is 53.4 Å². The minimum atomic E-state index is -0.0262. The van der Waals surface area contributed by atoms with Crippen molar-refractivity contribution < 1.29 is 4.79 Å². The summed E-state index contributed by atoms with van der Waals surface area (Å²) >= 11 is 0. The fraction of sp³-hybridized carbons (Fsp3) is 0.789. The van der Waals surface area contributed by atoms with Crippen molar-refractivity contribution in [1.29, 1.82) is 0 Å². The molecule has 0 aromatic carbocycles. The Bertz CT molecular complexity index is 544. The van der Waals surface area contributed by atoms with Crippen LogP contribution in [0.25, 0.3) is 0 Å². The maximum absolute atomic E-state index is 12.6. The number of imidazole rings is 1. The van der Waals surface area contributed by atoms with E-state index in [4.69, 9.17) is 0 Å². The van der Waals surface area contributed by atoms with Crippen LogP contribution in [0.5, 0.6) is 0 Å². The molecular formula is C19H33N5O. The number of carbonyl (C=O) groups is 1. The molecule has 140 valence electrons. The second-order valence-corrected chi connectivity index (χ2v) is 7.46. The zero-order chi connectivity index (χ0) is 17.6. The largest absolute Gasteiger partial charge is 0.352 e. The van der Waals surface area contributed by atoms with Crippen LogP contribution in [0.1, 0.15) is 51.8 Å². The monoisotopic (exact) mass is 347 g/mol. The van der Waals surface area contributed by atoms with Gasteiger partial charge >= 0.3 is 0 Å². The number of aryl methyl sites for hydroxylation is 1. The molecule has 3 rings (SSSR count). The van der Waals surface area contributed by atoms with Crippen LogP contribution in [0.3, 0.4) is 0 Å². The van der Waals surface area contributed by atoms with Gasteiger partial charge in [-0.1, -0.05) is 19.3 Å². The minimum absolute atomic E-state index is 0.0262. The standard InChI is InChI=1S/C19H33N5O/c1-3-23-10-9-20-18(23)15-22-11-13-24(14-12-22)16(2)19(25)21-17-7-5-4-6-8-17/h9-10,16-17H,3-8,11-15H2,1-2H3,(H,21,25)/t16-/m1/s1. The normalized spacial score (nSPS) is 22.0. The van der Waals surface area contributed by atoms with Crippen molar-refractivity contribution in [2.45, 2.75) is 71.1 Å². The molecule has 1 atom stereocenters. The molecule has 2 aliphatic rings. The molecule has 2 fully saturated rings. The Kier molecular flexibility index (Phi) is 6.48. The lowest BCUT2D eigenvalue weighted by Gasteiger charge is -2.38. The fourth-order valence-electron chi connectivity index (χ4n) is 4.02. The summed E-state index contributed by atoms with van der Waals surface area (Å²) in [6.45, 7) is 9.96. The summed E-state index contributed by atoms with van der Waals surface area (Å²) in [7, 11) is 0. The molecule has 1 aromatic heterocycles. The van der Waals surface area contributed by atoms with Gasteiger partial charge in [0.25, 0.3) is 0 Å². The third-order valence-corrected chi connectivity index (χ3v) is 5.79. The predicted octanol–water partition coefficient (Wildman–Crippen LogP) is 1.86. The van der Waals surface area contributed by atoms with Crippen LogP contribution in [-0.4, -0.2) is 63.5 Å². The molecule has 6 heteroatoms. The van der Waals surface area contributed by atoms with E-state index in [2.05, 4.69) is 38.5 Å². The molecule has 0 bridgehead atoms. The van der Waals surface area contributed by atoms with Gasteiger partial charge in [0.05, 0.1) is 12.6 Å².